The molecule has 1 nitrogen and oxygen atoms in total. The minimum absolute atomic E-state index is 0.199. The first-order valence-electron chi connectivity index (χ1n) is 6.89. The predicted octanol–water partition coefficient (Wildman–Crippen LogP) is 2.89. The lowest BCUT2D eigenvalue weighted by Gasteiger charge is -2.15. The Bertz CT molecular complexity index is 783. The van der Waals surface area contributed by atoms with Crippen LogP contribution < -0.4 is 15.2 Å². The normalized spacial score (nSPS) is 18.6. The van der Waals surface area contributed by atoms with Gasteiger partial charge in [0.25, 0.3) is 0 Å². The van der Waals surface area contributed by atoms with Gasteiger partial charge in [-0.05, 0) is 36.8 Å². The summed E-state index contributed by atoms with van der Waals surface area (Å²) in [5, 5.41) is 1.78. The van der Waals surface area contributed by atoms with Gasteiger partial charge in [-0.15, -0.1) is 11.3 Å². The fourth-order valence-corrected chi connectivity index (χ4v) is 3.81. The minimum atomic E-state index is 0.199. The van der Waals surface area contributed by atoms with Crippen LogP contribution in [0.3, 0.4) is 0 Å². The summed E-state index contributed by atoms with van der Waals surface area (Å²) in [4.78, 5) is 12.6. The maximum atomic E-state index is 12.6. The van der Waals surface area contributed by atoms with Crippen molar-refractivity contribution in [1.82, 2.24) is 0 Å². The van der Waals surface area contributed by atoms with Crippen LogP contribution in [0.5, 0.6) is 0 Å². The third-order valence-corrected chi connectivity index (χ3v) is 5.22. The third-order valence-electron chi connectivity index (χ3n) is 4.04. The lowest BCUT2D eigenvalue weighted by atomic mass is 9.90. The molecule has 1 aliphatic carbocycles. The van der Waals surface area contributed by atoms with Gasteiger partial charge in [-0.1, -0.05) is 38.1 Å². The highest BCUT2D eigenvalue weighted by Gasteiger charge is 2.13. The fraction of sp³-hybridized carbons (Fsp3) is 0.353. The number of benzene rings is 1. The van der Waals surface area contributed by atoms with Crippen molar-refractivity contribution in [3.05, 3.63) is 44.2 Å². The van der Waals surface area contributed by atoms with E-state index in [-0.39, 0.29) is 5.43 Å². The van der Waals surface area contributed by atoms with Crippen molar-refractivity contribution in [3.8, 4) is 0 Å². The Labute approximate surface area is 116 Å². The second-order valence-corrected chi connectivity index (χ2v) is 6.67. The molecule has 0 saturated heterocycles. The lowest BCUT2D eigenvalue weighted by molar-refractivity contribution is 0.408. The molecular formula is C17H18OS. The van der Waals surface area contributed by atoms with Crippen LogP contribution in [0.1, 0.15) is 26.7 Å². The summed E-state index contributed by atoms with van der Waals surface area (Å²) in [6.45, 7) is 4.53. The van der Waals surface area contributed by atoms with Gasteiger partial charge in [-0.3, -0.25) is 4.79 Å². The largest absolute Gasteiger partial charge is 0.289 e. The molecule has 1 aromatic heterocycles. The Kier molecular flexibility index (Phi) is 3.28. The smallest absolute Gasteiger partial charge is 0.195 e. The molecule has 0 radical (unpaired) electrons. The summed E-state index contributed by atoms with van der Waals surface area (Å²) in [7, 11) is 0. The summed E-state index contributed by atoms with van der Waals surface area (Å²) < 4.78 is 2.26. The molecule has 0 saturated carbocycles. The number of fused-ring (bicyclic) bond motifs is 2. The van der Waals surface area contributed by atoms with Gasteiger partial charge >= 0.3 is 0 Å². The summed E-state index contributed by atoms with van der Waals surface area (Å²) in [6, 6.07) is 7.93. The minimum Gasteiger partial charge on any atom is -0.289 e. The molecular weight excluding hydrogens is 252 g/mol. The topological polar surface area (TPSA) is 17.1 Å². The van der Waals surface area contributed by atoms with Crippen molar-refractivity contribution < 1.29 is 0 Å². The van der Waals surface area contributed by atoms with Gasteiger partial charge in [-0.25, -0.2) is 0 Å². The van der Waals surface area contributed by atoms with Crippen LogP contribution in [0.4, 0.5) is 0 Å². The van der Waals surface area contributed by atoms with E-state index in [4.69, 9.17) is 0 Å². The summed E-state index contributed by atoms with van der Waals surface area (Å²) in [5.74, 6) is 1.32. The van der Waals surface area contributed by atoms with Crippen LogP contribution in [0, 0.1) is 11.8 Å². The summed E-state index contributed by atoms with van der Waals surface area (Å²) in [5.41, 5.74) is 0.199. The molecule has 0 aliphatic heterocycles. The predicted molar refractivity (Wildman–Crippen MR) is 83.8 cm³/mol. The molecule has 98 valence electrons. The van der Waals surface area contributed by atoms with Crippen molar-refractivity contribution in [2.45, 2.75) is 26.7 Å². The Balaban J connectivity index is 2.30. The second kappa shape index (κ2) is 4.93. The zero-order valence-electron chi connectivity index (χ0n) is 11.3. The van der Waals surface area contributed by atoms with E-state index < -0.39 is 0 Å². The number of hydrogen-bond acceptors (Lipinski definition) is 2. The quantitative estimate of drug-likeness (QED) is 0.779. The number of hydrogen-bond donors (Lipinski definition) is 0. The van der Waals surface area contributed by atoms with E-state index in [1.807, 2.05) is 24.3 Å². The molecule has 0 amide bonds. The molecule has 1 aliphatic rings. The van der Waals surface area contributed by atoms with Crippen LogP contribution in [-0.4, -0.2) is 0 Å². The molecule has 2 aromatic rings. The van der Waals surface area contributed by atoms with Crippen LogP contribution in [0.25, 0.3) is 22.2 Å². The highest BCUT2D eigenvalue weighted by atomic mass is 32.1. The molecule has 0 bridgehead atoms. The van der Waals surface area contributed by atoms with Crippen LogP contribution in [0.2, 0.25) is 0 Å². The van der Waals surface area contributed by atoms with Crippen LogP contribution in [0.15, 0.2) is 29.1 Å². The van der Waals surface area contributed by atoms with Gasteiger partial charge in [0.1, 0.15) is 0 Å². The van der Waals surface area contributed by atoms with E-state index in [9.17, 15) is 4.79 Å². The van der Waals surface area contributed by atoms with Gasteiger partial charge in [0.15, 0.2) is 5.43 Å². The monoisotopic (exact) mass is 270 g/mol. The highest BCUT2D eigenvalue weighted by Crippen LogP contribution is 2.21. The SMILES string of the molecule is CC(C)C1CC=c2sc3ccccc3c(=O)c2=CC1. The first-order chi connectivity index (χ1) is 9.16. The lowest BCUT2D eigenvalue weighted by Crippen LogP contribution is -2.36. The van der Waals surface area contributed by atoms with E-state index in [1.165, 1.54) is 0 Å². The van der Waals surface area contributed by atoms with E-state index >= 15 is 0 Å². The second-order valence-electron chi connectivity index (χ2n) is 5.59. The van der Waals surface area contributed by atoms with E-state index in [2.05, 4.69) is 26.0 Å². The van der Waals surface area contributed by atoms with E-state index in [0.717, 1.165) is 32.7 Å². The number of rotatable bonds is 1. The molecule has 3 rings (SSSR count). The van der Waals surface area contributed by atoms with Gasteiger partial charge in [0.05, 0.1) is 0 Å². The maximum Gasteiger partial charge on any atom is 0.195 e. The standard InChI is InChI=1S/C17H18OS/c1-11(2)12-7-9-14-16(10-8-12)19-15-6-4-3-5-13(15)17(14)18/h3-6,9-12H,7-8H2,1-2H3. The molecule has 1 heterocycles. The van der Waals surface area contributed by atoms with Gasteiger partial charge < -0.3 is 0 Å². The van der Waals surface area contributed by atoms with Crippen molar-refractivity contribution in [2.75, 3.05) is 0 Å². The van der Waals surface area contributed by atoms with Crippen molar-refractivity contribution in [3.63, 3.8) is 0 Å². The molecule has 0 fully saturated rings. The summed E-state index contributed by atoms with van der Waals surface area (Å²) in [6.07, 6.45) is 6.52. The molecule has 0 N–H and O–H groups in total. The zero-order valence-corrected chi connectivity index (χ0v) is 12.2. The molecule has 2 heteroatoms. The Morgan fingerprint density at radius 2 is 1.89 bits per heavy atom. The highest BCUT2D eigenvalue weighted by molar-refractivity contribution is 7.16. The average molecular weight is 270 g/mol. The Morgan fingerprint density at radius 3 is 2.68 bits per heavy atom. The van der Waals surface area contributed by atoms with Crippen LogP contribution >= 0.6 is 11.3 Å². The van der Waals surface area contributed by atoms with Gasteiger partial charge in [0.2, 0.25) is 0 Å². The van der Waals surface area contributed by atoms with Crippen molar-refractivity contribution >= 4 is 33.6 Å². The molecule has 19 heavy (non-hydrogen) atoms. The molecule has 0 spiro atoms. The van der Waals surface area contributed by atoms with Gasteiger partial charge in [-0.2, -0.15) is 0 Å². The molecule has 1 unspecified atom stereocenters. The van der Waals surface area contributed by atoms with Crippen molar-refractivity contribution in [2.24, 2.45) is 11.8 Å². The summed E-state index contributed by atoms with van der Waals surface area (Å²) >= 11 is 1.74. The fourth-order valence-electron chi connectivity index (χ4n) is 2.69. The maximum absolute atomic E-state index is 12.6. The first-order valence-corrected chi connectivity index (χ1v) is 7.70. The van der Waals surface area contributed by atoms with Crippen LogP contribution in [-0.2, 0) is 0 Å². The van der Waals surface area contributed by atoms with E-state index in [0.29, 0.717) is 11.8 Å². The first kappa shape index (κ1) is 12.6. The Morgan fingerprint density at radius 1 is 1.16 bits per heavy atom. The molecule has 1 aromatic carbocycles. The third kappa shape index (κ3) is 2.25. The Hall–Kier alpha value is -1.41. The van der Waals surface area contributed by atoms with Crippen molar-refractivity contribution in [1.29, 1.82) is 0 Å². The van der Waals surface area contributed by atoms with E-state index in [1.54, 1.807) is 11.3 Å². The average Bonchev–Trinajstić information content (AvgIpc) is 2.62. The zero-order chi connectivity index (χ0) is 13.4. The molecule has 1 atom stereocenters. The van der Waals surface area contributed by atoms with Gasteiger partial charge in [0, 0.05) is 19.8 Å².